The van der Waals surface area contributed by atoms with Crippen molar-refractivity contribution in [2.45, 2.75) is 46.1 Å². The number of hydrogen-bond acceptors (Lipinski definition) is 4. The molecule has 150 valence electrons. The summed E-state index contributed by atoms with van der Waals surface area (Å²) in [5.74, 6) is 1.53. The van der Waals surface area contributed by atoms with Crippen LogP contribution in [-0.4, -0.2) is 55.5 Å². The molecular weight excluding hydrogens is 342 g/mol. The third-order valence-corrected chi connectivity index (χ3v) is 4.90. The molecule has 1 heterocycles. The Bertz CT molecular complexity index is 639. The van der Waals surface area contributed by atoms with E-state index in [1.807, 2.05) is 40.1 Å². The molecule has 1 aliphatic carbocycles. The summed E-state index contributed by atoms with van der Waals surface area (Å²) in [6, 6.07) is 3.86. The number of carbonyl (C=O) groups is 1. The Labute approximate surface area is 162 Å². The van der Waals surface area contributed by atoms with Crippen molar-refractivity contribution in [3.63, 3.8) is 0 Å². The molecule has 1 fully saturated rings. The highest BCUT2D eigenvalue weighted by Gasteiger charge is 2.42. The Hall–Kier alpha value is -2.31. The summed E-state index contributed by atoms with van der Waals surface area (Å²) >= 11 is 0. The summed E-state index contributed by atoms with van der Waals surface area (Å²) < 4.78 is 5.57. The van der Waals surface area contributed by atoms with Crippen molar-refractivity contribution in [1.82, 2.24) is 20.5 Å². The zero-order valence-corrected chi connectivity index (χ0v) is 17.0. The molecule has 1 aromatic rings. The van der Waals surface area contributed by atoms with Crippen LogP contribution in [0.15, 0.2) is 23.3 Å². The highest BCUT2D eigenvalue weighted by molar-refractivity contribution is 5.85. The fraction of sp³-hybridized carbons (Fsp3) is 0.650. The molecule has 0 radical (unpaired) electrons. The number of pyridine rings is 1. The van der Waals surface area contributed by atoms with Gasteiger partial charge in [-0.3, -0.25) is 4.79 Å². The summed E-state index contributed by atoms with van der Waals surface area (Å²) in [6.45, 7) is 6.36. The number of ether oxygens (including phenoxy) is 1. The standard InChI is InChI=1S/C20H33N5O2/c1-5-21-19(23-14-16-10-9-13-22-17(16)27-6-2)24-15-20(11-7-8-12-20)18(26)25(3)4/h9-10,13H,5-8,11-12,14-15H2,1-4H3,(H2,21,23,24). The van der Waals surface area contributed by atoms with Crippen LogP contribution in [0.1, 0.15) is 45.1 Å². The molecule has 7 heteroatoms. The number of aromatic nitrogens is 1. The highest BCUT2D eigenvalue weighted by Crippen LogP contribution is 2.38. The normalized spacial score (nSPS) is 16.1. The second-order valence-corrected chi connectivity index (χ2v) is 7.14. The lowest BCUT2D eigenvalue weighted by atomic mass is 9.84. The highest BCUT2D eigenvalue weighted by atomic mass is 16.5. The van der Waals surface area contributed by atoms with Gasteiger partial charge < -0.3 is 20.3 Å². The van der Waals surface area contributed by atoms with E-state index in [9.17, 15) is 4.79 Å². The van der Waals surface area contributed by atoms with Crippen LogP contribution in [0, 0.1) is 5.41 Å². The van der Waals surface area contributed by atoms with Gasteiger partial charge in [-0.1, -0.05) is 18.9 Å². The van der Waals surface area contributed by atoms with E-state index in [4.69, 9.17) is 4.74 Å². The van der Waals surface area contributed by atoms with Gasteiger partial charge in [-0.25, -0.2) is 9.98 Å². The number of aliphatic imine (C=N–C) groups is 1. The first-order chi connectivity index (χ1) is 13.0. The zero-order valence-electron chi connectivity index (χ0n) is 17.0. The van der Waals surface area contributed by atoms with Gasteiger partial charge >= 0.3 is 0 Å². The molecule has 0 spiro atoms. The molecule has 0 aromatic carbocycles. The minimum absolute atomic E-state index is 0.203. The van der Waals surface area contributed by atoms with Gasteiger partial charge in [0.1, 0.15) is 0 Å². The van der Waals surface area contributed by atoms with E-state index >= 15 is 0 Å². The van der Waals surface area contributed by atoms with Gasteiger partial charge in [0, 0.05) is 38.9 Å². The second kappa shape index (κ2) is 10.1. The second-order valence-electron chi connectivity index (χ2n) is 7.14. The molecule has 27 heavy (non-hydrogen) atoms. The predicted octanol–water partition coefficient (Wildman–Crippen LogP) is 2.18. The van der Waals surface area contributed by atoms with E-state index in [0.29, 0.717) is 31.5 Å². The van der Waals surface area contributed by atoms with Crippen LogP contribution in [0.2, 0.25) is 0 Å². The fourth-order valence-corrected chi connectivity index (χ4v) is 3.56. The van der Waals surface area contributed by atoms with Crippen molar-refractivity contribution in [3.8, 4) is 5.88 Å². The van der Waals surface area contributed by atoms with Gasteiger partial charge in [-0.05, 0) is 32.8 Å². The minimum atomic E-state index is -0.329. The SMILES string of the molecule is CCNC(=NCc1cccnc1OCC)NCC1(C(=O)N(C)C)CCCC1. The molecule has 2 rings (SSSR count). The van der Waals surface area contributed by atoms with Crippen LogP contribution < -0.4 is 15.4 Å². The molecule has 1 saturated carbocycles. The molecule has 1 aliphatic rings. The number of hydrogen-bond donors (Lipinski definition) is 2. The van der Waals surface area contributed by atoms with Crippen LogP contribution in [0.25, 0.3) is 0 Å². The predicted molar refractivity (Wildman–Crippen MR) is 108 cm³/mol. The van der Waals surface area contributed by atoms with Crippen LogP contribution in [-0.2, 0) is 11.3 Å². The third-order valence-electron chi connectivity index (χ3n) is 4.90. The molecule has 0 aliphatic heterocycles. The van der Waals surface area contributed by atoms with Crippen LogP contribution >= 0.6 is 0 Å². The molecule has 0 bridgehead atoms. The third kappa shape index (κ3) is 5.58. The lowest BCUT2D eigenvalue weighted by Crippen LogP contribution is -2.49. The van der Waals surface area contributed by atoms with Crippen molar-refractivity contribution in [3.05, 3.63) is 23.9 Å². The van der Waals surface area contributed by atoms with E-state index in [0.717, 1.165) is 37.8 Å². The zero-order chi connectivity index (χ0) is 19.7. The van der Waals surface area contributed by atoms with Gasteiger partial charge in [-0.2, -0.15) is 0 Å². The molecule has 1 aromatic heterocycles. The average Bonchev–Trinajstić information content (AvgIpc) is 3.14. The van der Waals surface area contributed by atoms with Crippen LogP contribution in [0.4, 0.5) is 0 Å². The number of nitrogens with zero attached hydrogens (tertiary/aromatic N) is 3. The van der Waals surface area contributed by atoms with Gasteiger partial charge in [0.2, 0.25) is 11.8 Å². The molecule has 0 unspecified atom stereocenters. The number of rotatable bonds is 8. The quantitative estimate of drug-likeness (QED) is 0.538. The number of nitrogens with one attached hydrogen (secondary N) is 2. The molecule has 1 amide bonds. The summed E-state index contributed by atoms with van der Waals surface area (Å²) in [5, 5.41) is 6.66. The number of amides is 1. The lowest BCUT2D eigenvalue weighted by molar-refractivity contribution is -0.138. The maximum absolute atomic E-state index is 12.7. The molecule has 0 atom stereocenters. The van der Waals surface area contributed by atoms with Crippen molar-refractivity contribution >= 4 is 11.9 Å². The molecule has 0 saturated heterocycles. The van der Waals surface area contributed by atoms with E-state index in [2.05, 4.69) is 20.6 Å². The maximum atomic E-state index is 12.7. The van der Waals surface area contributed by atoms with E-state index in [1.54, 1.807) is 11.1 Å². The van der Waals surface area contributed by atoms with Crippen molar-refractivity contribution in [1.29, 1.82) is 0 Å². The summed E-state index contributed by atoms with van der Waals surface area (Å²) in [4.78, 5) is 23.4. The van der Waals surface area contributed by atoms with Crippen molar-refractivity contribution < 1.29 is 9.53 Å². The lowest BCUT2D eigenvalue weighted by Gasteiger charge is -2.31. The largest absolute Gasteiger partial charge is 0.478 e. The van der Waals surface area contributed by atoms with Gasteiger partial charge in [0.25, 0.3) is 0 Å². The van der Waals surface area contributed by atoms with E-state index < -0.39 is 0 Å². The fourth-order valence-electron chi connectivity index (χ4n) is 3.56. The maximum Gasteiger partial charge on any atom is 0.230 e. The Morgan fingerprint density at radius 2 is 2.04 bits per heavy atom. The Kier molecular flexibility index (Phi) is 7.88. The smallest absolute Gasteiger partial charge is 0.230 e. The number of carbonyl (C=O) groups excluding carboxylic acids is 1. The van der Waals surface area contributed by atoms with Gasteiger partial charge in [0.15, 0.2) is 5.96 Å². The van der Waals surface area contributed by atoms with E-state index in [1.165, 1.54) is 0 Å². The van der Waals surface area contributed by atoms with Crippen LogP contribution in [0.3, 0.4) is 0 Å². The minimum Gasteiger partial charge on any atom is -0.478 e. The average molecular weight is 376 g/mol. The van der Waals surface area contributed by atoms with Crippen LogP contribution in [0.5, 0.6) is 5.88 Å². The summed E-state index contributed by atoms with van der Waals surface area (Å²) in [5.41, 5.74) is 0.612. The Morgan fingerprint density at radius 1 is 1.30 bits per heavy atom. The van der Waals surface area contributed by atoms with E-state index in [-0.39, 0.29) is 11.3 Å². The number of guanidine groups is 1. The first kappa shape index (κ1) is 21.0. The monoisotopic (exact) mass is 375 g/mol. The van der Waals surface area contributed by atoms with Gasteiger partial charge in [0.05, 0.1) is 18.6 Å². The summed E-state index contributed by atoms with van der Waals surface area (Å²) in [6.07, 6.45) is 5.77. The Balaban J connectivity index is 2.08. The summed E-state index contributed by atoms with van der Waals surface area (Å²) in [7, 11) is 3.67. The first-order valence-corrected chi connectivity index (χ1v) is 9.83. The topological polar surface area (TPSA) is 78.9 Å². The van der Waals surface area contributed by atoms with Gasteiger partial charge in [-0.15, -0.1) is 0 Å². The van der Waals surface area contributed by atoms with Crippen molar-refractivity contribution in [2.75, 3.05) is 33.8 Å². The Morgan fingerprint density at radius 3 is 2.67 bits per heavy atom. The van der Waals surface area contributed by atoms with Crippen molar-refractivity contribution in [2.24, 2.45) is 10.4 Å². The molecule has 2 N–H and O–H groups in total. The molecule has 7 nitrogen and oxygen atoms in total. The molecular formula is C20H33N5O2. The first-order valence-electron chi connectivity index (χ1n) is 9.83.